The van der Waals surface area contributed by atoms with E-state index in [1.165, 1.54) is 10.9 Å². The van der Waals surface area contributed by atoms with E-state index < -0.39 is 0 Å². The molecule has 2 aliphatic rings. The number of fused-ring (bicyclic) bond motifs is 6. The van der Waals surface area contributed by atoms with Crippen molar-refractivity contribution < 1.29 is 4.74 Å². The van der Waals surface area contributed by atoms with Gasteiger partial charge < -0.3 is 4.74 Å². The maximum Gasteiger partial charge on any atom is 0.234 e. The Balaban J connectivity index is 1.45. The Hall–Kier alpha value is -4.51. The lowest BCUT2D eigenvalue weighted by Gasteiger charge is -2.11. The van der Waals surface area contributed by atoms with E-state index in [0.29, 0.717) is 5.95 Å². The minimum absolute atomic E-state index is 0.681. The van der Waals surface area contributed by atoms with Crippen LogP contribution in [0.2, 0.25) is 0 Å². The topological polar surface area (TPSA) is 52.8 Å². The molecule has 0 atom stereocenters. The predicted molar refractivity (Wildman–Crippen MR) is 138 cm³/mol. The van der Waals surface area contributed by atoms with Crippen LogP contribution in [-0.4, -0.2) is 19.5 Å². The normalized spacial score (nSPS) is 13.0. The van der Waals surface area contributed by atoms with Crippen LogP contribution in [0.4, 0.5) is 0 Å². The van der Waals surface area contributed by atoms with Crippen molar-refractivity contribution in [2.45, 2.75) is 19.3 Å². The van der Waals surface area contributed by atoms with E-state index >= 15 is 0 Å². The van der Waals surface area contributed by atoms with E-state index in [0.717, 1.165) is 64.1 Å². The first kappa shape index (κ1) is 19.9. The summed E-state index contributed by atoms with van der Waals surface area (Å²) in [5, 5.41) is 2.32. The fourth-order valence-electron chi connectivity index (χ4n) is 4.93. The van der Waals surface area contributed by atoms with Gasteiger partial charge in [-0.05, 0) is 67.3 Å². The van der Waals surface area contributed by atoms with Crippen LogP contribution < -0.4 is 4.74 Å². The van der Waals surface area contributed by atoms with Crippen molar-refractivity contribution in [1.29, 1.82) is 0 Å². The van der Waals surface area contributed by atoms with E-state index in [1.54, 1.807) is 0 Å². The smallest absolute Gasteiger partial charge is 0.234 e. The molecule has 2 aliphatic heterocycles. The number of nitrogens with zero attached hydrogens (tertiary/aromatic N) is 4. The molecule has 0 saturated carbocycles. The maximum atomic E-state index is 6.33. The molecule has 8 rings (SSSR count). The van der Waals surface area contributed by atoms with Crippen molar-refractivity contribution in [3.63, 3.8) is 0 Å². The van der Waals surface area contributed by atoms with E-state index in [-0.39, 0.29) is 0 Å². The lowest BCUT2D eigenvalue weighted by atomic mass is 10.1. The minimum atomic E-state index is 0.681. The minimum Gasteiger partial charge on any atom is -0.457 e. The lowest BCUT2D eigenvalue weighted by Crippen LogP contribution is -2.04. The van der Waals surface area contributed by atoms with Crippen LogP contribution in [0.1, 0.15) is 17.7 Å². The first-order chi connectivity index (χ1) is 17.3. The highest BCUT2D eigenvalue weighted by Gasteiger charge is 2.15. The van der Waals surface area contributed by atoms with Crippen molar-refractivity contribution in [1.82, 2.24) is 19.5 Å². The molecule has 6 aromatic rings. The van der Waals surface area contributed by atoms with Gasteiger partial charge in [-0.1, -0.05) is 36.4 Å². The van der Waals surface area contributed by atoms with Gasteiger partial charge >= 0.3 is 0 Å². The van der Waals surface area contributed by atoms with Crippen molar-refractivity contribution in [2.75, 3.05) is 0 Å². The van der Waals surface area contributed by atoms with Gasteiger partial charge in [-0.2, -0.15) is 0 Å². The van der Waals surface area contributed by atoms with Gasteiger partial charge in [0.25, 0.3) is 0 Å². The SMILES string of the molecule is c1cc2cc(c1)-c1ccc(cn1)CCCc1ccnc(n1)-n1c3ccccc3c3ccc(cc31)O2. The molecule has 5 heterocycles. The van der Waals surface area contributed by atoms with Crippen LogP contribution in [0.15, 0.2) is 97.3 Å². The fourth-order valence-corrected chi connectivity index (χ4v) is 4.93. The number of aromatic nitrogens is 4. The molecule has 35 heavy (non-hydrogen) atoms. The quantitative estimate of drug-likeness (QED) is 0.250. The first-order valence-corrected chi connectivity index (χ1v) is 11.9. The zero-order valence-electron chi connectivity index (χ0n) is 19.1. The van der Waals surface area contributed by atoms with Gasteiger partial charge in [-0.15, -0.1) is 0 Å². The Kier molecular flexibility index (Phi) is 4.59. The highest BCUT2D eigenvalue weighted by atomic mass is 16.5. The van der Waals surface area contributed by atoms with Gasteiger partial charge in [-0.25, -0.2) is 9.97 Å². The number of hydrogen-bond acceptors (Lipinski definition) is 4. The molecule has 3 aromatic carbocycles. The van der Waals surface area contributed by atoms with Crippen molar-refractivity contribution in [2.24, 2.45) is 0 Å². The number of rotatable bonds is 0. The fraction of sp³-hybridized carbons (Fsp3) is 0.100. The molecule has 0 saturated heterocycles. The number of pyridine rings is 1. The zero-order valence-corrected chi connectivity index (χ0v) is 19.1. The third-order valence-corrected chi connectivity index (χ3v) is 6.63. The Labute approximate surface area is 202 Å². The summed E-state index contributed by atoms with van der Waals surface area (Å²) < 4.78 is 8.47. The van der Waals surface area contributed by atoms with Gasteiger partial charge in [0, 0.05) is 40.5 Å². The van der Waals surface area contributed by atoms with Crippen LogP contribution in [0, 0.1) is 0 Å². The van der Waals surface area contributed by atoms with E-state index in [9.17, 15) is 0 Å². The zero-order chi connectivity index (χ0) is 23.2. The molecular weight excluding hydrogens is 432 g/mol. The van der Waals surface area contributed by atoms with Crippen molar-refractivity contribution >= 4 is 21.8 Å². The van der Waals surface area contributed by atoms with Gasteiger partial charge in [0.05, 0.1) is 16.7 Å². The summed E-state index contributed by atoms with van der Waals surface area (Å²) in [6.07, 6.45) is 6.67. The number of para-hydroxylation sites is 1. The van der Waals surface area contributed by atoms with Crippen LogP contribution in [-0.2, 0) is 12.8 Å². The molecule has 3 aromatic heterocycles. The van der Waals surface area contributed by atoms with E-state index in [1.807, 2.05) is 42.7 Å². The second-order valence-corrected chi connectivity index (χ2v) is 8.91. The van der Waals surface area contributed by atoms with Crippen molar-refractivity contribution in [3.8, 4) is 28.7 Å². The largest absolute Gasteiger partial charge is 0.457 e. The summed E-state index contributed by atoms with van der Waals surface area (Å²) in [6.45, 7) is 0. The molecule has 168 valence electrons. The number of hydrogen-bond donors (Lipinski definition) is 0. The third kappa shape index (κ3) is 3.53. The van der Waals surface area contributed by atoms with E-state index in [4.69, 9.17) is 14.7 Å². The molecule has 0 radical (unpaired) electrons. The predicted octanol–water partition coefficient (Wildman–Crippen LogP) is 6.92. The standard InChI is InChI=1S/C30H22N4O/c1-2-10-28-25(9-1)26-13-12-24-18-29(26)34(28)30-31-16-15-22(33-30)7-3-5-20-11-14-27(32-19-20)21-6-4-8-23(17-21)35-24/h1-2,4,6,8-19H,3,5,7H2. The number of benzene rings is 3. The van der Waals surface area contributed by atoms with Crippen molar-refractivity contribution in [3.05, 3.63) is 109 Å². The average Bonchev–Trinajstić information content (AvgIpc) is 3.23. The lowest BCUT2D eigenvalue weighted by molar-refractivity contribution is 0.483. The third-order valence-electron chi connectivity index (χ3n) is 6.63. The molecule has 0 spiro atoms. The second-order valence-electron chi connectivity index (χ2n) is 8.91. The summed E-state index contributed by atoms with van der Waals surface area (Å²) in [6, 6.07) is 29.0. The molecule has 0 N–H and O–H groups in total. The molecule has 5 heteroatoms. The Morgan fingerprint density at radius 1 is 0.714 bits per heavy atom. The van der Waals surface area contributed by atoms with Gasteiger partial charge in [0.2, 0.25) is 5.95 Å². The molecular formula is C30H22N4O. The van der Waals surface area contributed by atoms with Gasteiger partial charge in [0.15, 0.2) is 0 Å². The second kappa shape index (κ2) is 8.06. The van der Waals surface area contributed by atoms with Crippen LogP contribution >= 0.6 is 0 Å². The summed E-state index contributed by atoms with van der Waals surface area (Å²) in [4.78, 5) is 14.3. The number of ether oxygens (including phenoxy) is 1. The van der Waals surface area contributed by atoms with Crippen LogP contribution in [0.25, 0.3) is 39.0 Å². The molecule has 0 unspecified atom stereocenters. The first-order valence-electron chi connectivity index (χ1n) is 11.9. The maximum absolute atomic E-state index is 6.33. The monoisotopic (exact) mass is 454 g/mol. The Morgan fingerprint density at radius 2 is 1.63 bits per heavy atom. The summed E-state index contributed by atoms with van der Waals surface area (Å²) in [7, 11) is 0. The Morgan fingerprint density at radius 3 is 2.57 bits per heavy atom. The van der Waals surface area contributed by atoms with E-state index in [2.05, 4.69) is 64.1 Å². The summed E-state index contributed by atoms with van der Waals surface area (Å²) >= 11 is 0. The van der Waals surface area contributed by atoms with Gasteiger partial charge in [-0.3, -0.25) is 9.55 Å². The molecule has 8 bridgehead atoms. The Bertz CT molecular complexity index is 1700. The summed E-state index contributed by atoms with van der Waals surface area (Å²) in [5.74, 6) is 2.22. The highest BCUT2D eigenvalue weighted by molar-refractivity contribution is 6.09. The van der Waals surface area contributed by atoms with Crippen LogP contribution in [0.3, 0.4) is 0 Å². The van der Waals surface area contributed by atoms with Gasteiger partial charge in [0.1, 0.15) is 11.5 Å². The molecule has 0 fully saturated rings. The summed E-state index contributed by atoms with van der Waals surface area (Å²) in [5.41, 5.74) is 6.34. The molecule has 0 amide bonds. The highest BCUT2D eigenvalue weighted by Crippen LogP contribution is 2.35. The molecule has 0 aliphatic carbocycles. The molecule has 5 nitrogen and oxygen atoms in total. The van der Waals surface area contributed by atoms with Crippen LogP contribution in [0.5, 0.6) is 11.5 Å². The average molecular weight is 455 g/mol. The number of aryl methyl sites for hydroxylation is 2.